The SMILES string of the molecule is C=CN(CCC(CCN)[Si](OC)(OC)OC)Cc1ccccc1. The molecule has 1 aromatic carbocycles. The van der Waals surface area contributed by atoms with Crippen LogP contribution >= 0.6 is 0 Å². The molecule has 1 atom stereocenters. The molecule has 0 saturated carbocycles. The Morgan fingerprint density at radius 1 is 1.13 bits per heavy atom. The highest BCUT2D eigenvalue weighted by Crippen LogP contribution is 2.31. The third kappa shape index (κ3) is 5.75. The van der Waals surface area contributed by atoms with Crippen molar-refractivity contribution in [2.45, 2.75) is 24.9 Å². The van der Waals surface area contributed by atoms with E-state index < -0.39 is 8.80 Å². The van der Waals surface area contributed by atoms with Crippen molar-refractivity contribution in [1.82, 2.24) is 4.90 Å². The monoisotopic (exact) mass is 338 g/mol. The fourth-order valence-corrected chi connectivity index (χ4v) is 5.33. The van der Waals surface area contributed by atoms with E-state index in [0.29, 0.717) is 6.54 Å². The zero-order valence-electron chi connectivity index (χ0n) is 14.5. The van der Waals surface area contributed by atoms with Crippen molar-refractivity contribution in [2.75, 3.05) is 34.4 Å². The molecule has 0 aliphatic rings. The van der Waals surface area contributed by atoms with Gasteiger partial charge in [0.15, 0.2) is 0 Å². The summed E-state index contributed by atoms with van der Waals surface area (Å²) < 4.78 is 16.9. The molecule has 0 aromatic heterocycles. The van der Waals surface area contributed by atoms with Crippen molar-refractivity contribution in [1.29, 1.82) is 0 Å². The molecule has 0 aliphatic carbocycles. The van der Waals surface area contributed by atoms with Crippen molar-refractivity contribution >= 4 is 8.80 Å². The first-order chi connectivity index (χ1) is 11.2. The van der Waals surface area contributed by atoms with E-state index in [1.807, 2.05) is 24.4 Å². The fraction of sp³-hybridized carbons (Fsp3) is 0.529. The number of benzene rings is 1. The fourth-order valence-electron chi connectivity index (χ4n) is 2.82. The van der Waals surface area contributed by atoms with Crippen LogP contribution in [-0.4, -0.2) is 48.1 Å². The first kappa shape index (κ1) is 19.9. The Kier molecular flexibility index (Phi) is 9.12. The zero-order valence-corrected chi connectivity index (χ0v) is 15.5. The smallest absolute Gasteiger partial charge is 0.377 e. The highest BCUT2D eigenvalue weighted by molar-refractivity contribution is 6.62. The molecule has 6 heteroatoms. The van der Waals surface area contributed by atoms with Gasteiger partial charge in [-0.3, -0.25) is 0 Å². The maximum atomic E-state index is 5.77. The average molecular weight is 339 g/mol. The summed E-state index contributed by atoms with van der Waals surface area (Å²) in [4.78, 5) is 2.19. The maximum Gasteiger partial charge on any atom is 0.503 e. The van der Waals surface area contributed by atoms with Gasteiger partial charge in [0, 0.05) is 40.0 Å². The summed E-state index contributed by atoms with van der Waals surface area (Å²) in [7, 11) is 2.27. The summed E-state index contributed by atoms with van der Waals surface area (Å²) in [6, 6.07) is 10.4. The van der Waals surface area contributed by atoms with E-state index in [1.165, 1.54) is 5.56 Å². The lowest BCUT2D eigenvalue weighted by atomic mass is 10.2. The van der Waals surface area contributed by atoms with Gasteiger partial charge in [-0.1, -0.05) is 36.9 Å². The quantitative estimate of drug-likeness (QED) is 0.594. The number of nitrogens with two attached hydrogens (primary N) is 1. The van der Waals surface area contributed by atoms with Crippen LogP contribution in [0.15, 0.2) is 43.1 Å². The number of nitrogens with zero attached hydrogens (tertiary/aromatic N) is 1. The minimum Gasteiger partial charge on any atom is -0.377 e. The molecule has 0 spiro atoms. The molecule has 0 saturated heterocycles. The van der Waals surface area contributed by atoms with Gasteiger partial charge in [0.05, 0.1) is 0 Å². The van der Waals surface area contributed by atoms with Crippen LogP contribution in [0.1, 0.15) is 18.4 Å². The summed E-state index contributed by atoms with van der Waals surface area (Å²) in [5.41, 5.74) is 7.21. The van der Waals surface area contributed by atoms with E-state index in [1.54, 1.807) is 21.3 Å². The molecular weight excluding hydrogens is 308 g/mol. The highest BCUT2D eigenvalue weighted by atomic mass is 28.4. The molecular formula is C17H30N2O3Si. The molecule has 2 N–H and O–H groups in total. The minimum atomic E-state index is -2.68. The lowest BCUT2D eigenvalue weighted by Gasteiger charge is -2.33. The molecule has 0 amide bonds. The average Bonchev–Trinajstić information content (AvgIpc) is 2.61. The largest absolute Gasteiger partial charge is 0.503 e. The summed E-state index contributed by atoms with van der Waals surface area (Å²) in [6.45, 7) is 6.20. The van der Waals surface area contributed by atoms with Gasteiger partial charge in [0.1, 0.15) is 0 Å². The van der Waals surface area contributed by atoms with E-state index in [-0.39, 0.29) is 5.54 Å². The van der Waals surface area contributed by atoms with E-state index >= 15 is 0 Å². The van der Waals surface area contributed by atoms with Crippen LogP contribution in [0.5, 0.6) is 0 Å². The predicted octanol–water partition coefficient (Wildman–Crippen LogP) is 2.62. The molecule has 0 radical (unpaired) electrons. The molecule has 1 aromatic rings. The van der Waals surface area contributed by atoms with E-state index in [2.05, 4.69) is 23.6 Å². The minimum absolute atomic E-state index is 0.172. The van der Waals surface area contributed by atoms with Crippen LogP contribution < -0.4 is 5.73 Å². The lowest BCUT2D eigenvalue weighted by Crippen LogP contribution is -2.49. The molecule has 1 rings (SSSR count). The van der Waals surface area contributed by atoms with Crippen molar-refractivity contribution in [2.24, 2.45) is 5.73 Å². The highest BCUT2D eigenvalue weighted by Gasteiger charge is 2.46. The molecule has 0 bridgehead atoms. The molecule has 0 fully saturated rings. The zero-order chi connectivity index (χ0) is 17.1. The molecule has 1 unspecified atom stereocenters. The Labute approximate surface area is 141 Å². The van der Waals surface area contributed by atoms with Crippen molar-refractivity contribution in [3.05, 3.63) is 48.7 Å². The second kappa shape index (κ2) is 10.6. The van der Waals surface area contributed by atoms with Crippen LogP contribution in [0.2, 0.25) is 5.54 Å². The third-order valence-corrected chi connectivity index (χ3v) is 7.40. The van der Waals surface area contributed by atoms with Gasteiger partial charge in [-0.15, -0.1) is 0 Å². The van der Waals surface area contributed by atoms with Crippen LogP contribution in [0.4, 0.5) is 0 Å². The van der Waals surface area contributed by atoms with Gasteiger partial charge >= 0.3 is 8.80 Å². The summed E-state index contributed by atoms with van der Waals surface area (Å²) in [5.74, 6) is 0. The van der Waals surface area contributed by atoms with Crippen molar-refractivity contribution in [3.8, 4) is 0 Å². The van der Waals surface area contributed by atoms with Crippen LogP contribution in [0.25, 0.3) is 0 Å². The Bertz CT molecular complexity index is 432. The molecule has 23 heavy (non-hydrogen) atoms. The van der Waals surface area contributed by atoms with E-state index in [0.717, 1.165) is 25.9 Å². The summed E-state index contributed by atoms with van der Waals surface area (Å²) >= 11 is 0. The second-order valence-electron chi connectivity index (χ2n) is 5.42. The number of hydrogen-bond donors (Lipinski definition) is 1. The molecule has 0 aliphatic heterocycles. The van der Waals surface area contributed by atoms with Crippen LogP contribution in [-0.2, 0) is 19.8 Å². The predicted molar refractivity (Wildman–Crippen MR) is 95.9 cm³/mol. The van der Waals surface area contributed by atoms with Gasteiger partial charge in [0.25, 0.3) is 0 Å². The first-order valence-corrected chi connectivity index (χ1v) is 9.72. The van der Waals surface area contributed by atoms with Gasteiger partial charge in [-0.05, 0) is 31.1 Å². The third-order valence-electron chi connectivity index (χ3n) is 4.12. The Hall–Kier alpha value is -1.18. The molecule has 5 nitrogen and oxygen atoms in total. The maximum absolute atomic E-state index is 5.77. The molecule has 0 heterocycles. The summed E-state index contributed by atoms with van der Waals surface area (Å²) in [6.07, 6.45) is 3.58. The van der Waals surface area contributed by atoms with Crippen LogP contribution in [0.3, 0.4) is 0 Å². The Balaban J connectivity index is 2.70. The van der Waals surface area contributed by atoms with Gasteiger partial charge in [0.2, 0.25) is 0 Å². The van der Waals surface area contributed by atoms with E-state index in [4.69, 9.17) is 19.0 Å². The van der Waals surface area contributed by atoms with E-state index in [9.17, 15) is 0 Å². The second-order valence-corrected chi connectivity index (χ2v) is 8.67. The van der Waals surface area contributed by atoms with Gasteiger partial charge < -0.3 is 23.9 Å². The van der Waals surface area contributed by atoms with Gasteiger partial charge in [-0.25, -0.2) is 0 Å². The number of rotatable bonds is 12. The normalized spacial score (nSPS) is 12.9. The van der Waals surface area contributed by atoms with Crippen molar-refractivity contribution < 1.29 is 13.3 Å². The molecule has 130 valence electrons. The first-order valence-electron chi connectivity index (χ1n) is 7.91. The standard InChI is InChI=1S/C17H30N2O3Si/c1-5-19(15-16-9-7-6-8-10-16)14-12-17(11-13-18)23(20-2,21-3)22-4/h5-10,17H,1,11-15,18H2,2-4H3. The summed E-state index contributed by atoms with van der Waals surface area (Å²) in [5, 5.41) is 0. The Morgan fingerprint density at radius 2 is 1.74 bits per heavy atom. The topological polar surface area (TPSA) is 57.0 Å². The number of hydrogen-bond acceptors (Lipinski definition) is 5. The van der Waals surface area contributed by atoms with Crippen molar-refractivity contribution in [3.63, 3.8) is 0 Å². The van der Waals surface area contributed by atoms with Crippen LogP contribution in [0, 0.1) is 0 Å². The lowest BCUT2D eigenvalue weighted by molar-refractivity contribution is 0.107. The Morgan fingerprint density at radius 3 is 2.22 bits per heavy atom. The van der Waals surface area contributed by atoms with Gasteiger partial charge in [-0.2, -0.15) is 0 Å².